The molecule has 2 aromatic rings. The van der Waals surface area contributed by atoms with Crippen LogP contribution >= 0.6 is 22.7 Å². The van der Waals surface area contributed by atoms with E-state index < -0.39 is 45.5 Å². The second kappa shape index (κ2) is 11.4. The number of anilines is 2. The highest BCUT2D eigenvalue weighted by Crippen LogP contribution is 2.53. The van der Waals surface area contributed by atoms with Gasteiger partial charge >= 0.3 is 35.5 Å². The van der Waals surface area contributed by atoms with E-state index in [-0.39, 0.29) is 11.1 Å². The van der Waals surface area contributed by atoms with Crippen molar-refractivity contribution in [3.8, 4) is 12.1 Å². The van der Waals surface area contributed by atoms with Crippen LogP contribution in [0.3, 0.4) is 0 Å². The minimum atomic E-state index is -7.07. The Morgan fingerprint density at radius 2 is 0.929 bits per heavy atom. The molecular formula is C26H22F8N4O2S2. The lowest BCUT2D eigenvalue weighted by Gasteiger charge is -2.35. The molecule has 2 aromatic heterocycles. The summed E-state index contributed by atoms with van der Waals surface area (Å²) < 4.78 is 117. The third-order valence-electron chi connectivity index (χ3n) is 7.27. The smallest absolute Gasteiger partial charge is 0.311 e. The van der Waals surface area contributed by atoms with Gasteiger partial charge in [-0.2, -0.15) is 45.6 Å². The standard InChI is InChI=1S/C26H22F8N4O2S2/c27-23(28,21(39)37-19-15(11-35)13-7-3-1-5-9-17(13)41-19)25(31,32)26(33,34)24(29,30)22(40)38-20-16(12-36)14-8-4-2-6-10-18(14)42-20/h1-10H2,(H,37,39)(H,38,40). The van der Waals surface area contributed by atoms with Gasteiger partial charge in [-0.25, -0.2) is 0 Å². The molecule has 2 N–H and O–H groups in total. The van der Waals surface area contributed by atoms with Crippen molar-refractivity contribution in [2.24, 2.45) is 0 Å². The Morgan fingerprint density at radius 1 is 0.595 bits per heavy atom. The van der Waals surface area contributed by atoms with Crippen LogP contribution in [0.1, 0.15) is 70.5 Å². The minimum absolute atomic E-state index is 0.302. The quantitative estimate of drug-likeness (QED) is 0.247. The highest BCUT2D eigenvalue weighted by atomic mass is 32.1. The van der Waals surface area contributed by atoms with Gasteiger partial charge in [0.15, 0.2) is 0 Å². The van der Waals surface area contributed by atoms with Crippen LogP contribution in [-0.2, 0) is 35.3 Å². The van der Waals surface area contributed by atoms with E-state index >= 15 is 0 Å². The number of nitrogens with one attached hydrogen (secondary N) is 2. The molecule has 2 aliphatic rings. The van der Waals surface area contributed by atoms with Gasteiger partial charge in [-0.05, 0) is 62.5 Å². The monoisotopic (exact) mass is 638 g/mol. The maximum absolute atomic E-state index is 14.7. The normalized spacial score (nSPS) is 16.2. The fourth-order valence-corrected chi connectivity index (χ4v) is 7.41. The number of rotatable bonds is 7. The summed E-state index contributed by atoms with van der Waals surface area (Å²) in [6, 6.07) is 3.34. The van der Waals surface area contributed by atoms with Crippen LogP contribution in [0.2, 0.25) is 0 Å². The molecule has 42 heavy (non-hydrogen) atoms. The zero-order valence-corrected chi connectivity index (χ0v) is 23.3. The molecular weight excluding hydrogens is 616 g/mol. The van der Waals surface area contributed by atoms with E-state index in [9.17, 15) is 55.2 Å². The second-order valence-electron chi connectivity index (χ2n) is 9.97. The Kier molecular flexibility index (Phi) is 8.64. The summed E-state index contributed by atoms with van der Waals surface area (Å²) >= 11 is 1.26. The lowest BCUT2D eigenvalue weighted by molar-refractivity contribution is -0.345. The van der Waals surface area contributed by atoms with Crippen molar-refractivity contribution in [1.29, 1.82) is 10.5 Å². The van der Waals surface area contributed by atoms with E-state index in [1.165, 1.54) is 10.6 Å². The van der Waals surface area contributed by atoms with E-state index in [1.54, 1.807) is 12.1 Å². The molecule has 0 aromatic carbocycles. The number of fused-ring (bicyclic) bond motifs is 2. The van der Waals surface area contributed by atoms with Crippen LogP contribution in [0.5, 0.6) is 0 Å². The summed E-state index contributed by atoms with van der Waals surface area (Å²) in [6.45, 7) is 0. The highest BCUT2D eigenvalue weighted by Gasteiger charge is 2.84. The van der Waals surface area contributed by atoms with Crippen LogP contribution < -0.4 is 10.6 Å². The van der Waals surface area contributed by atoms with Crippen molar-refractivity contribution in [3.05, 3.63) is 32.0 Å². The highest BCUT2D eigenvalue weighted by molar-refractivity contribution is 7.17. The van der Waals surface area contributed by atoms with E-state index in [1.807, 2.05) is 0 Å². The molecule has 0 aliphatic heterocycles. The molecule has 226 valence electrons. The maximum atomic E-state index is 14.7. The molecule has 16 heteroatoms. The topological polar surface area (TPSA) is 106 Å². The Morgan fingerprint density at radius 3 is 1.26 bits per heavy atom. The van der Waals surface area contributed by atoms with E-state index in [0.29, 0.717) is 94.9 Å². The van der Waals surface area contributed by atoms with Crippen LogP contribution in [-0.4, -0.2) is 35.5 Å². The summed E-state index contributed by atoms with van der Waals surface area (Å²) in [6.07, 6.45) is 5.61. The third kappa shape index (κ3) is 5.13. The fourth-order valence-electron chi connectivity index (χ4n) is 4.94. The van der Waals surface area contributed by atoms with Gasteiger partial charge in [-0.1, -0.05) is 12.8 Å². The number of alkyl halides is 8. The molecule has 2 aliphatic carbocycles. The number of halogens is 8. The number of amides is 2. The van der Waals surface area contributed by atoms with Crippen molar-refractivity contribution < 1.29 is 44.7 Å². The van der Waals surface area contributed by atoms with Gasteiger partial charge in [0.2, 0.25) is 0 Å². The first-order chi connectivity index (χ1) is 19.6. The molecule has 0 saturated carbocycles. The average molecular weight is 639 g/mol. The van der Waals surface area contributed by atoms with Crippen molar-refractivity contribution in [2.75, 3.05) is 10.6 Å². The van der Waals surface area contributed by atoms with Gasteiger partial charge in [0, 0.05) is 9.75 Å². The Bertz CT molecular complexity index is 1380. The number of nitrogens with zero attached hydrogens (tertiary/aromatic N) is 2. The molecule has 0 saturated heterocycles. The second-order valence-corrected chi connectivity index (χ2v) is 12.2. The molecule has 6 nitrogen and oxygen atoms in total. The van der Waals surface area contributed by atoms with Crippen LogP contribution in [0.15, 0.2) is 0 Å². The predicted molar refractivity (Wildman–Crippen MR) is 138 cm³/mol. The predicted octanol–water partition coefficient (Wildman–Crippen LogP) is 7.21. The van der Waals surface area contributed by atoms with Crippen molar-refractivity contribution >= 4 is 44.5 Å². The van der Waals surface area contributed by atoms with Gasteiger partial charge in [-0.3, -0.25) is 9.59 Å². The molecule has 0 atom stereocenters. The SMILES string of the molecule is N#Cc1c(NC(=O)C(F)(F)C(F)(F)C(F)(F)C(F)(F)C(=O)Nc2sc3c(c2C#N)CCCCC3)sc2c1CCCCC2. The van der Waals surface area contributed by atoms with Crippen LogP contribution in [0.4, 0.5) is 45.1 Å². The van der Waals surface area contributed by atoms with Gasteiger partial charge in [0.25, 0.3) is 0 Å². The number of carbonyl (C=O) groups excluding carboxylic acids is 2. The van der Waals surface area contributed by atoms with Gasteiger partial charge in [0.05, 0.1) is 11.1 Å². The summed E-state index contributed by atoms with van der Waals surface area (Å²) in [7, 11) is 0. The van der Waals surface area contributed by atoms with E-state index in [4.69, 9.17) is 0 Å². The zero-order chi connectivity index (χ0) is 31.1. The number of hydrogen-bond donors (Lipinski definition) is 2. The average Bonchev–Trinajstić information content (AvgIpc) is 3.18. The number of aryl methyl sites for hydroxylation is 2. The Hall–Kier alpha value is -3.24. The number of nitriles is 2. The lowest BCUT2D eigenvalue weighted by Crippen LogP contribution is -2.67. The fraction of sp³-hybridized carbons (Fsp3) is 0.538. The largest absolute Gasteiger partial charge is 0.393 e. The molecule has 0 spiro atoms. The minimum Gasteiger partial charge on any atom is -0.311 e. The Labute approximate surface area is 242 Å². The van der Waals surface area contributed by atoms with Crippen LogP contribution in [0, 0.1) is 22.7 Å². The van der Waals surface area contributed by atoms with Crippen LogP contribution in [0.25, 0.3) is 0 Å². The number of carbonyl (C=O) groups is 2. The first-order valence-corrected chi connectivity index (χ1v) is 14.5. The Balaban J connectivity index is 1.59. The number of thiophene rings is 2. The molecule has 0 unspecified atom stereocenters. The summed E-state index contributed by atoms with van der Waals surface area (Å²) in [4.78, 5) is 25.5. The van der Waals surface area contributed by atoms with E-state index in [2.05, 4.69) is 0 Å². The lowest BCUT2D eigenvalue weighted by atomic mass is 9.97. The summed E-state index contributed by atoms with van der Waals surface area (Å²) in [5.41, 5.74) is 0.204. The zero-order valence-electron chi connectivity index (χ0n) is 21.6. The molecule has 2 heterocycles. The summed E-state index contributed by atoms with van der Waals surface area (Å²) in [5.74, 6) is -33.2. The molecule has 2 amide bonds. The summed E-state index contributed by atoms with van der Waals surface area (Å²) in [5, 5.41) is 20.4. The maximum Gasteiger partial charge on any atom is 0.393 e. The first kappa shape index (κ1) is 31.7. The molecule has 0 radical (unpaired) electrons. The van der Waals surface area contributed by atoms with Gasteiger partial charge < -0.3 is 10.6 Å². The molecule has 0 fully saturated rings. The van der Waals surface area contributed by atoms with Crippen molar-refractivity contribution in [1.82, 2.24) is 0 Å². The van der Waals surface area contributed by atoms with Gasteiger partial charge in [-0.15, -0.1) is 22.7 Å². The molecule has 0 bridgehead atoms. The van der Waals surface area contributed by atoms with Crippen molar-refractivity contribution in [3.63, 3.8) is 0 Å². The van der Waals surface area contributed by atoms with Gasteiger partial charge in [0.1, 0.15) is 22.1 Å². The first-order valence-electron chi connectivity index (χ1n) is 12.8. The number of hydrogen-bond acceptors (Lipinski definition) is 6. The van der Waals surface area contributed by atoms with E-state index in [0.717, 1.165) is 12.8 Å². The molecule has 4 rings (SSSR count). The third-order valence-corrected chi connectivity index (χ3v) is 9.69. The van der Waals surface area contributed by atoms with Crippen molar-refractivity contribution in [2.45, 2.75) is 87.9 Å².